The summed E-state index contributed by atoms with van der Waals surface area (Å²) in [5.74, 6) is 0.326. The molecule has 1 heterocycles. The second-order valence-corrected chi connectivity index (χ2v) is 5.59. The summed E-state index contributed by atoms with van der Waals surface area (Å²) in [6, 6.07) is 15.7. The average Bonchev–Trinajstić information content (AvgIpc) is 3.09. The van der Waals surface area contributed by atoms with E-state index in [1.165, 1.54) is 0 Å². The van der Waals surface area contributed by atoms with Crippen LogP contribution in [0.1, 0.15) is 43.0 Å². The topological polar surface area (TPSA) is 42.0 Å². The summed E-state index contributed by atoms with van der Waals surface area (Å²) < 4.78 is 0. The lowest BCUT2D eigenvalue weighted by Crippen LogP contribution is -2.34. The van der Waals surface area contributed by atoms with E-state index in [-0.39, 0.29) is 17.9 Å². The molecule has 21 heavy (non-hydrogen) atoms. The fraction of sp³-hybridized carbons (Fsp3) is 0.333. The van der Waals surface area contributed by atoms with Crippen LogP contribution in [-0.4, -0.2) is 10.9 Å². The summed E-state index contributed by atoms with van der Waals surface area (Å²) in [6.07, 6.45) is 6.12. The second-order valence-electron chi connectivity index (χ2n) is 5.59. The van der Waals surface area contributed by atoms with E-state index in [1.807, 2.05) is 48.5 Å². The molecular formula is C18H20N2O. The highest BCUT2D eigenvalue weighted by molar-refractivity contribution is 5.79. The number of carbonyl (C=O) groups excluding carboxylic acids is 1. The number of amides is 1. The number of rotatable bonds is 4. The lowest BCUT2D eigenvalue weighted by Gasteiger charge is -2.21. The van der Waals surface area contributed by atoms with Crippen molar-refractivity contribution in [2.75, 3.05) is 0 Å². The molecule has 3 nitrogen and oxygen atoms in total. The molecule has 1 aliphatic rings. The summed E-state index contributed by atoms with van der Waals surface area (Å²) in [5.41, 5.74) is 1.96. The van der Waals surface area contributed by atoms with E-state index in [9.17, 15) is 4.79 Å². The van der Waals surface area contributed by atoms with Gasteiger partial charge >= 0.3 is 0 Å². The minimum absolute atomic E-state index is 0.159. The summed E-state index contributed by atoms with van der Waals surface area (Å²) in [6.45, 7) is 0. The molecule has 1 aliphatic carbocycles. The van der Waals surface area contributed by atoms with Gasteiger partial charge in [-0.1, -0.05) is 49.2 Å². The Labute approximate surface area is 125 Å². The Morgan fingerprint density at radius 3 is 2.43 bits per heavy atom. The molecule has 0 aliphatic heterocycles. The quantitative estimate of drug-likeness (QED) is 0.931. The molecule has 1 saturated carbocycles. The zero-order valence-corrected chi connectivity index (χ0v) is 12.0. The van der Waals surface area contributed by atoms with Crippen molar-refractivity contribution in [1.82, 2.24) is 10.3 Å². The van der Waals surface area contributed by atoms with Gasteiger partial charge in [0.15, 0.2) is 0 Å². The molecule has 1 amide bonds. The standard InChI is InChI=1S/C18H20N2O/c21-18(15-10-4-5-11-15)20-17(14-8-2-1-3-9-14)16-12-6-7-13-19-16/h1-3,6-9,12-13,15,17H,4-5,10-11H2,(H,20,21). The molecule has 0 spiro atoms. The lowest BCUT2D eigenvalue weighted by atomic mass is 10.0. The number of aromatic nitrogens is 1. The van der Waals surface area contributed by atoms with E-state index < -0.39 is 0 Å². The van der Waals surface area contributed by atoms with E-state index in [2.05, 4.69) is 10.3 Å². The highest BCUT2D eigenvalue weighted by Gasteiger charge is 2.26. The lowest BCUT2D eigenvalue weighted by molar-refractivity contribution is -0.125. The fourth-order valence-corrected chi connectivity index (χ4v) is 2.97. The summed E-state index contributed by atoms with van der Waals surface area (Å²) in [5, 5.41) is 3.19. The highest BCUT2D eigenvalue weighted by atomic mass is 16.1. The van der Waals surface area contributed by atoms with Crippen molar-refractivity contribution in [2.24, 2.45) is 5.92 Å². The number of benzene rings is 1. The van der Waals surface area contributed by atoms with Crippen molar-refractivity contribution >= 4 is 5.91 Å². The van der Waals surface area contributed by atoms with Crippen molar-refractivity contribution in [1.29, 1.82) is 0 Å². The van der Waals surface area contributed by atoms with E-state index in [4.69, 9.17) is 0 Å². The van der Waals surface area contributed by atoms with Gasteiger partial charge in [0.2, 0.25) is 5.91 Å². The molecule has 0 radical (unpaired) electrons. The van der Waals surface area contributed by atoms with E-state index >= 15 is 0 Å². The van der Waals surface area contributed by atoms with E-state index in [0.29, 0.717) is 0 Å². The molecule has 1 N–H and O–H groups in total. The Morgan fingerprint density at radius 1 is 1.05 bits per heavy atom. The summed E-state index contributed by atoms with van der Waals surface area (Å²) in [7, 11) is 0. The normalized spacial score (nSPS) is 16.6. The summed E-state index contributed by atoms with van der Waals surface area (Å²) in [4.78, 5) is 16.9. The van der Waals surface area contributed by atoms with Crippen LogP contribution in [0.15, 0.2) is 54.7 Å². The zero-order valence-electron chi connectivity index (χ0n) is 12.0. The minimum atomic E-state index is -0.166. The number of pyridine rings is 1. The first-order valence-electron chi connectivity index (χ1n) is 7.61. The molecule has 0 bridgehead atoms. The Morgan fingerprint density at radius 2 is 1.76 bits per heavy atom. The van der Waals surface area contributed by atoms with Crippen LogP contribution in [0, 0.1) is 5.92 Å². The largest absolute Gasteiger partial charge is 0.343 e. The van der Waals surface area contributed by atoms with Crippen molar-refractivity contribution in [3.63, 3.8) is 0 Å². The number of nitrogens with zero attached hydrogens (tertiary/aromatic N) is 1. The van der Waals surface area contributed by atoms with Crippen molar-refractivity contribution in [3.05, 3.63) is 66.0 Å². The van der Waals surface area contributed by atoms with Crippen LogP contribution in [0.4, 0.5) is 0 Å². The van der Waals surface area contributed by atoms with Crippen LogP contribution in [0.5, 0.6) is 0 Å². The van der Waals surface area contributed by atoms with Crippen LogP contribution in [-0.2, 0) is 4.79 Å². The minimum Gasteiger partial charge on any atom is -0.343 e. The van der Waals surface area contributed by atoms with Gasteiger partial charge < -0.3 is 5.32 Å². The maximum absolute atomic E-state index is 12.5. The fourth-order valence-electron chi connectivity index (χ4n) is 2.97. The van der Waals surface area contributed by atoms with E-state index in [0.717, 1.165) is 36.9 Å². The van der Waals surface area contributed by atoms with Crippen LogP contribution in [0.25, 0.3) is 0 Å². The smallest absolute Gasteiger partial charge is 0.223 e. The Bertz CT molecular complexity index is 537. The van der Waals surface area contributed by atoms with Gasteiger partial charge in [-0.2, -0.15) is 0 Å². The second kappa shape index (κ2) is 6.53. The van der Waals surface area contributed by atoms with Crippen LogP contribution in [0.3, 0.4) is 0 Å². The molecule has 1 fully saturated rings. The monoisotopic (exact) mass is 280 g/mol. The highest BCUT2D eigenvalue weighted by Crippen LogP contribution is 2.27. The molecule has 1 aromatic carbocycles. The van der Waals surface area contributed by atoms with Gasteiger partial charge in [0.05, 0.1) is 11.7 Å². The van der Waals surface area contributed by atoms with Crippen LogP contribution < -0.4 is 5.32 Å². The molecule has 1 atom stereocenters. The van der Waals surface area contributed by atoms with Crippen LogP contribution >= 0.6 is 0 Å². The van der Waals surface area contributed by atoms with Gasteiger partial charge in [0.25, 0.3) is 0 Å². The first-order chi connectivity index (χ1) is 10.3. The third-order valence-electron chi connectivity index (χ3n) is 4.13. The van der Waals surface area contributed by atoms with Gasteiger partial charge in [-0.05, 0) is 30.5 Å². The maximum Gasteiger partial charge on any atom is 0.223 e. The molecule has 108 valence electrons. The third kappa shape index (κ3) is 3.30. The summed E-state index contributed by atoms with van der Waals surface area (Å²) >= 11 is 0. The molecule has 0 saturated heterocycles. The first-order valence-corrected chi connectivity index (χ1v) is 7.61. The molecule has 1 unspecified atom stereocenters. The molecule has 3 heteroatoms. The predicted molar refractivity (Wildman–Crippen MR) is 82.6 cm³/mol. The number of nitrogens with one attached hydrogen (secondary N) is 1. The average molecular weight is 280 g/mol. The van der Waals surface area contributed by atoms with Gasteiger partial charge in [0.1, 0.15) is 0 Å². The predicted octanol–water partition coefficient (Wildman–Crippen LogP) is 3.48. The number of hydrogen-bond acceptors (Lipinski definition) is 2. The third-order valence-corrected chi connectivity index (χ3v) is 4.13. The van der Waals surface area contributed by atoms with E-state index in [1.54, 1.807) is 6.20 Å². The molecular weight excluding hydrogens is 260 g/mol. The SMILES string of the molecule is O=C(NC(c1ccccc1)c1ccccn1)C1CCCC1. The van der Waals surface area contributed by atoms with Crippen molar-refractivity contribution in [3.8, 4) is 0 Å². The Kier molecular flexibility index (Phi) is 4.29. The Hall–Kier alpha value is -2.16. The number of hydrogen-bond donors (Lipinski definition) is 1. The molecule has 3 rings (SSSR count). The van der Waals surface area contributed by atoms with Crippen LogP contribution in [0.2, 0.25) is 0 Å². The molecule has 1 aromatic heterocycles. The maximum atomic E-state index is 12.5. The van der Waals surface area contributed by atoms with Crippen molar-refractivity contribution in [2.45, 2.75) is 31.7 Å². The van der Waals surface area contributed by atoms with Gasteiger partial charge in [0, 0.05) is 12.1 Å². The van der Waals surface area contributed by atoms with Crippen molar-refractivity contribution < 1.29 is 4.79 Å². The number of carbonyl (C=O) groups is 1. The van der Waals surface area contributed by atoms with Gasteiger partial charge in [-0.3, -0.25) is 9.78 Å². The Balaban J connectivity index is 1.84. The zero-order chi connectivity index (χ0) is 14.5. The first kappa shape index (κ1) is 13.8. The van der Waals surface area contributed by atoms with Gasteiger partial charge in [-0.25, -0.2) is 0 Å². The molecule has 2 aromatic rings. The van der Waals surface area contributed by atoms with Gasteiger partial charge in [-0.15, -0.1) is 0 Å².